The van der Waals surface area contributed by atoms with Gasteiger partial charge >= 0.3 is 12.3 Å². The fraction of sp³-hybridized carbons (Fsp3) is 0.280. The zero-order chi connectivity index (χ0) is 27.4. The third-order valence-electron chi connectivity index (χ3n) is 5.92. The molecule has 38 heavy (non-hydrogen) atoms. The third-order valence-corrected chi connectivity index (χ3v) is 5.92. The quantitative estimate of drug-likeness (QED) is 0.292. The number of rotatable bonds is 7. The number of anilines is 3. The Labute approximate surface area is 215 Å². The minimum atomic E-state index is -5.06. The molecule has 2 aromatic heterocycles. The molecule has 1 unspecified atom stereocenters. The largest absolute Gasteiger partial charge is 0.511 e. The Kier molecular flexibility index (Phi) is 7.55. The topological polar surface area (TPSA) is 140 Å². The van der Waals surface area contributed by atoms with E-state index in [2.05, 4.69) is 15.3 Å². The summed E-state index contributed by atoms with van der Waals surface area (Å²) in [6.07, 6.45) is -5.18. The van der Waals surface area contributed by atoms with Gasteiger partial charge in [0.2, 0.25) is 0 Å². The Morgan fingerprint density at radius 2 is 1.87 bits per heavy atom. The summed E-state index contributed by atoms with van der Waals surface area (Å²) in [5.41, 5.74) is 6.16. The van der Waals surface area contributed by atoms with E-state index in [9.17, 15) is 27.9 Å². The van der Waals surface area contributed by atoms with Crippen LogP contribution in [0.2, 0.25) is 0 Å². The van der Waals surface area contributed by atoms with Crippen LogP contribution in [0.4, 0.5) is 35.4 Å². The van der Waals surface area contributed by atoms with E-state index in [1.165, 1.54) is 19.2 Å². The smallest absolute Gasteiger partial charge is 0.496 e. The van der Waals surface area contributed by atoms with Gasteiger partial charge in [0.25, 0.3) is 5.78 Å². The first kappa shape index (κ1) is 26.5. The van der Waals surface area contributed by atoms with Crippen molar-refractivity contribution >= 4 is 29.4 Å². The van der Waals surface area contributed by atoms with E-state index >= 15 is 0 Å². The number of nitrogen functional groups attached to an aromatic ring is 1. The number of halogens is 3. The van der Waals surface area contributed by atoms with Gasteiger partial charge in [0.05, 0.1) is 18.4 Å². The van der Waals surface area contributed by atoms with Crippen molar-refractivity contribution in [2.75, 3.05) is 36.1 Å². The summed E-state index contributed by atoms with van der Waals surface area (Å²) in [5, 5.41) is 12.3. The third kappa shape index (κ3) is 5.88. The van der Waals surface area contributed by atoms with Gasteiger partial charge in [0, 0.05) is 24.7 Å². The van der Waals surface area contributed by atoms with Gasteiger partial charge in [-0.05, 0) is 49.2 Å². The molecule has 0 spiro atoms. The number of hydrogen-bond acceptors (Lipinski definition) is 9. The number of Topliss-reactive ketones (excluding diaryl/α,β-unsaturated/α-hetero) is 1. The molecule has 4 rings (SSSR count). The number of nitrogens with zero attached hydrogens (tertiary/aromatic N) is 3. The summed E-state index contributed by atoms with van der Waals surface area (Å²) in [6.45, 7) is 0.897. The van der Waals surface area contributed by atoms with Crippen molar-refractivity contribution < 1.29 is 37.3 Å². The van der Waals surface area contributed by atoms with E-state index in [1.54, 1.807) is 12.1 Å². The van der Waals surface area contributed by atoms with Crippen LogP contribution in [0.1, 0.15) is 23.2 Å². The minimum Gasteiger partial charge on any atom is -0.496 e. The number of hydrogen-bond donors (Lipinski definition) is 3. The maximum Gasteiger partial charge on any atom is 0.511 e. The van der Waals surface area contributed by atoms with Crippen molar-refractivity contribution in [2.24, 2.45) is 0 Å². The number of pyridine rings is 2. The fourth-order valence-corrected chi connectivity index (χ4v) is 4.24. The number of para-hydroxylation sites is 1. The van der Waals surface area contributed by atoms with Crippen LogP contribution in [-0.2, 0) is 0 Å². The molecule has 13 heteroatoms. The molecule has 10 nitrogen and oxygen atoms in total. The number of nitrogens with one attached hydrogen (secondary N) is 1. The molecule has 0 amide bonds. The highest BCUT2D eigenvalue weighted by Gasteiger charge is 2.40. The number of carboxylic acid groups (broad SMARTS) is 1. The van der Waals surface area contributed by atoms with Crippen molar-refractivity contribution in [1.29, 1.82) is 0 Å². The molecule has 0 radical (unpaired) electrons. The lowest BCUT2D eigenvalue weighted by molar-refractivity contribution is -0.0884. The standard InChI is InChI=1S/C25H24F3N5O5/c1-37-18-7-3-2-6-15(18)17-9-10-19(38-24(35)36)23(31-17)33-12-4-5-14(13-33)30-20-11-8-16(22(29)32-20)21(34)25(26,27)28/h2-3,6-11,14H,4-5,12-13H2,1H3,(H,35,36)(H3,29,30,32). The molecule has 0 bridgehead atoms. The van der Waals surface area contributed by atoms with E-state index in [0.717, 1.165) is 6.07 Å². The lowest BCUT2D eigenvalue weighted by atomic mass is 10.0. The number of ketones is 1. The molecular formula is C25H24F3N5O5. The van der Waals surface area contributed by atoms with E-state index in [-0.39, 0.29) is 17.6 Å². The van der Waals surface area contributed by atoms with Gasteiger partial charge in [-0.15, -0.1) is 0 Å². The number of aromatic nitrogens is 2. The Bertz CT molecular complexity index is 1350. The Balaban J connectivity index is 1.59. The number of nitrogens with two attached hydrogens (primary N) is 1. The van der Waals surface area contributed by atoms with E-state index in [0.29, 0.717) is 48.8 Å². The average molecular weight is 531 g/mol. The number of benzene rings is 1. The molecule has 0 saturated carbocycles. The molecule has 1 atom stereocenters. The first-order chi connectivity index (χ1) is 18.1. The van der Waals surface area contributed by atoms with Crippen molar-refractivity contribution in [2.45, 2.75) is 25.1 Å². The SMILES string of the molecule is COc1ccccc1-c1ccc(OC(=O)O)c(N2CCCC(Nc3ccc(C(=O)C(F)(F)F)c(N)n3)C2)n1. The summed E-state index contributed by atoms with van der Waals surface area (Å²) >= 11 is 0. The fourth-order valence-electron chi connectivity index (χ4n) is 4.24. The van der Waals surface area contributed by atoms with Gasteiger partial charge in [-0.1, -0.05) is 12.1 Å². The van der Waals surface area contributed by atoms with Crippen LogP contribution < -0.4 is 25.4 Å². The Morgan fingerprint density at radius 3 is 2.55 bits per heavy atom. The van der Waals surface area contributed by atoms with Crippen molar-refractivity contribution in [3.63, 3.8) is 0 Å². The van der Waals surface area contributed by atoms with Gasteiger partial charge in [0.1, 0.15) is 17.4 Å². The van der Waals surface area contributed by atoms with Crippen LogP contribution in [0.25, 0.3) is 11.3 Å². The van der Waals surface area contributed by atoms with Gasteiger partial charge in [-0.25, -0.2) is 14.8 Å². The predicted octanol–water partition coefficient (Wildman–Crippen LogP) is 4.62. The second-order valence-electron chi connectivity index (χ2n) is 8.47. The summed E-state index contributed by atoms with van der Waals surface area (Å²) in [6, 6.07) is 12.4. The van der Waals surface area contributed by atoms with E-state index < -0.39 is 29.5 Å². The summed E-state index contributed by atoms with van der Waals surface area (Å²) < 4.78 is 48.7. The first-order valence-electron chi connectivity index (χ1n) is 11.5. The molecule has 0 aliphatic carbocycles. The van der Waals surface area contributed by atoms with Crippen LogP contribution in [0.5, 0.6) is 11.5 Å². The summed E-state index contributed by atoms with van der Waals surface area (Å²) in [5.74, 6) is -1.45. The summed E-state index contributed by atoms with van der Waals surface area (Å²) in [4.78, 5) is 33.3. The van der Waals surface area contributed by atoms with Crippen molar-refractivity contribution in [3.05, 3.63) is 54.1 Å². The van der Waals surface area contributed by atoms with Gasteiger partial charge in [0.15, 0.2) is 11.6 Å². The molecule has 4 N–H and O–H groups in total. The molecule has 200 valence electrons. The van der Waals surface area contributed by atoms with Crippen molar-refractivity contribution in [1.82, 2.24) is 9.97 Å². The van der Waals surface area contributed by atoms with Crippen molar-refractivity contribution in [3.8, 4) is 22.8 Å². The van der Waals surface area contributed by atoms with Gasteiger partial charge in [-0.3, -0.25) is 4.79 Å². The lowest BCUT2D eigenvalue weighted by Gasteiger charge is -2.35. The molecule has 1 fully saturated rings. The monoisotopic (exact) mass is 531 g/mol. The molecular weight excluding hydrogens is 507 g/mol. The molecule has 1 aromatic carbocycles. The zero-order valence-corrected chi connectivity index (χ0v) is 20.2. The lowest BCUT2D eigenvalue weighted by Crippen LogP contribution is -2.43. The van der Waals surface area contributed by atoms with Crippen LogP contribution in [0, 0.1) is 0 Å². The van der Waals surface area contributed by atoms with E-state index in [1.807, 2.05) is 23.1 Å². The highest BCUT2D eigenvalue weighted by Crippen LogP contribution is 2.35. The number of alkyl halides is 3. The molecule has 1 aliphatic rings. The first-order valence-corrected chi connectivity index (χ1v) is 11.5. The predicted molar refractivity (Wildman–Crippen MR) is 133 cm³/mol. The molecule has 1 aliphatic heterocycles. The van der Waals surface area contributed by atoms with Crippen LogP contribution in [0.3, 0.4) is 0 Å². The van der Waals surface area contributed by atoms with Gasteiger partial charge in [-0.2, -0.15) is 13.2 Å². The number of piperidine rings is 1. The number of carbonyl (C=O) groups is 2. The minimum absolute atomic E-state index is 0.0502. The maximum absolute atomic E-state index is 12.8. The Morgan fingerprint density at radius 1 is 1.11 bits per heavy atom. The molecule has 1 saturated heterocycles. The normalized spacial score (nSPS) is 15.6. The maximum atomic E-state index is 12.8. The second-order valence-corrected chi connectivity index (χ2v) is 8.47. The molecule has 3 aromatic rings. The van der Waals surface area contributed by atoms with E-state index in [4.69, 9.17) is 15.2 Å². The highest BCUT2D eigenvalue weighted by atomic mass is 19.4. The zero-order valence-electron chi connectivity index (χ0n) is 20.2. The number of methoxy groups -OCH3 is 1. The van der Waals surface area contributed by atoms with Gasteiger partial charge < -0.3 is 30.5 Å². The van der Waals surface area contributed by atoms with Crippen LogP contribution >= 0.6 is 0 Å². The number of ether oxygens (including phenoxy) is 2. The van der Waals surface area contributed by atoms with Crippen LogP contribution in [-0.4, -0.2) is 59.4 Å². The van der Waals surface area contributed by atoms with Crippen LogP contribution in [0.15, 0.2) is 48.5 Å². The molecule has 3 heterocycles. The highest BCUT2D eigenvalue weighted by molar-refractivity contribution is 6.03. The average Bonchev–Trinajstić information content (AvgIpc) is 2.88. The Hall–Kier alpha value is -4.55. The summed E-state index contributed by atoms with van der Waals surface area (Å²) in [7, 11) is 1.54. The number of carbonyl (C=O) groups excluding carboxylic acids is 1. The second kappa shape index (κ2) is 10.8.